The van der Waals surface area contributed by atoms with Crippen LogP contribution in [0.2, 0.25) is 0 Å². The van der Waals surface area contributed by atoms with E-state index in [2.05, 4.69) is 5.32 Å². The molecule has 1 aliphatic rings. The molecule has 1 amide bonds. The molecule has 7 nitrogen and oxygen atoms in total. The van der Waals surface area contributed by atoms with E-state index < -0.39 is 34.4 Å². The van der Waals surface area contributed by atoms with Crippen molar-refractivity contribution >= 4 is 17.3 Å². The van der Waals surface area contributed by atoms with E-state index in [0.29, 0.717) is 32.1 Å². The number of hydrogen-bond donors (Lipinski definition) is 2. The molecule has 9 heteroatoms. The summed E-state index contributed by atoms with van der Waals surface area (Å²) in [6.07, 6.45) is 0.656. The highest BCUT2D eigenvalue weighted by atomic mass is 19.1. The van der Waals surface area contributed by atoms with Crippen molar-refractivity contribution in [3.05, 3.63) is 33.4 Å². The Hall–Kier alpha value is -2.29. The Morgan fingerprint density at radius 3 is 2.83 bits per heavy atom. The summed E-state index contributed by atoms with van der Waals surface area (Å²) >= 11 is 0. The maximum absolute atomic E-state index is 14.2. The average Bonchev–Trinajstić information content (AvgIpc) is 2.94. The van der Waals surface area contributed by atoms with Crippen LogP contribution in [0.4, 0.5) is 20.2 Å². The van der Waals surface area contributed by atoms with Gasteiger partial charge in [0.05, 0.1) is 23.3 Å². The lowest BCUT2D eigenvalue weighted by Crippen LogP contribution is -2.30. The number of hydrogen-bond acceptors (Lipinski definition) is 5. The minimum Gasteiger partial charge on any atom is -0.391 e. The third kappa shape index (κ3) is 3.55. The Labute approximate surface area is 131 Å². The number of halogens is 2. The van der Waals surface area contributed by atoms with E-state index in [1.165, 1.54) is 6.92 Å². The van der Waals surface area contributed by atoms with E-state index in [1.807, 2.05) is 0 Å². The van der Waals surface area contributed by atoms with Gasteiger partial charge in [-0.1, -0.05) is 0 Å². The monoisotopic (exact) mass is 329 g/mol. The smallest absolute Gasteiger partial charge is 0.308 e. The van der Waals surface area contributed by atoms with Crippen LogP contribution in [0, 0.1) is 27.7 Å². The molecule has 1 saturated heterocycles. The van der Waals surface area contributed by atoms with E-state index in [1.54, 1.807) is 4.90 Å². The number of carbonyl (C=O) groups is 1. The maximum Gasteiger partial charge on any atom is 0.308 e. The standard InChI is InChI=1S/C14H17F2N3O4/c1-8(21)17-5-9-2-3-18(6-9)14-10(7-20)13(16)12(19(22)23)4-11(14)15/h4,9,20H,2-3,5-7H2,1H3,(H,17,21). The van der Waals surface area contributed by atoms with Gasteiger partial charge < -0.3 is 15.3 Å². The number of aliphatic hydroxyl groups excluding tert-OH is 1. The third-order valence-electron chi connectivity index (χ3n) is 3.86. The van der Waals surface area contributed by atoms with Crippen LogP contribution < -0.4 is 10.2 Å². The van der Waals surface area contributed by atoms with Gasteiger partial charge in [0, 0.05) is 32.1 Å². The number of nitro benzene ring substituents is 1. The van der Waals surface area contributed by atoms with Gasteiger partial charge >= 0.3 is 5.69 Å². The van der Waals surface area contributed by atoms with Crippen molar-refractivity contribution in [2.24, 2.45) is 5.92 Å². The second-order valence-corrected chi connectivity index (χ2v) is 5.47. The fourth-order valence-electron chi connectivity index (χ4n) is 2.76. The topological polar surface area (TPSA) is 95.7 Å². The number of nitrogens with one attached hydrogen (secondary N) is 1. The van der Waals surface area contributed by atoms with Crippen molar-refractivity contribution in [2.45, 2.75) is 20.0 Å². The highest BCUT2D eigenvalue weighted by Gasteiger charge is 2.31. The van der Waals surface area contributed by atoms with Crippen LogP contribution in [-0.2, 0) is 11.4 Å². The van der Waals surface area contributed by atoms with Crippen LogP contribution in [0.3, 0.4) is 0 Å². The van der Waals surface area contributed by atoms with E-state index >= 15 is 0 Å². The lowest BCUT2D eigenvalue weighted by molar-refractivity contribution is -0.387. The van der Waals surface area contributed by atoms with Gasteiger partial charge in [0.25, 0.3) is 0 Å². The molecule has 23 heavy (non-hydrogen) atoms. The molecule has 2 rings (SSSR count). The van der Waals surface area contributed by atoms with Gasteiger partial charge in [0.1, 0.15) is 0 Å². The fourth-order valence-corrected chi connectivity index (χ4v) is 2.76. The zero-order valence-electron chi connectivity index (χ0n) is 12.5. The van der Waals surface area contributed by atoms with Crippen molar-refractivity contribution in [3.8, 4) is 0 Å². The number of carbonyl (C=O) groups excluding carboxylic acids is 1. The summed E-state index contributed by atoms with van der Waals surface area (Å²) < 4.78 is 28.4. The summed E-state index contributed by atoms with van der Waals surface area (Å²) in [6.45, 7) is 1.73. The lowest BCUT2D eigenvalue weighted by Gasteiger charge is -2.22. The first-order valence-electron chi connectivity index (χ1n) is 7.10. The highest BCUT2D eigenvalue weighted by Crippen LogP contribution is 2.35. The number of nitrogens with zero attached hydrogens (tertiary/aromatic N) is 2. The van der Waals surface area contributed by atoms with Crippen LogP contribution in [-0.4, -0.2) is 35.6 Å². The molecule has 0 spiro atoms. The van der Waals surface area contributed by atoms with Crippen LogP contribution in [0.15, 0.2) is 6.07 Å². The molecule has 0 bridgehead atoms. The SMILES string of the molecule is CC(=O)NCC1CCN(c2c(F)cc([N+](=O)[O-])c(F)c2CO)C1. The molecule has 1 aromatic carbocycles. The fraction of sp³-hybridized carbons (Fsp3) is 0.500. The molecule has 0 aromatic heterocycles. The maximum atomic E-state index is 14.2. The van der Waals surface area contributed by atoms with Crippen molar-refractivity contribution in [2.75, 3.05) is 24.5 Å². The van der Waals surface area contributed by atoms with Gasteiger partial charge in [-0.05, 0) is 12.3 Å². The molecule has 1 fully saturated rings. The van der Waals surface area contributed by atoms with Gasteiger partial charge in [-0.2, -0.15) is 4.39 Å². The van der Waals surface area contributed by atoms with E-state index in [9.17, 15) is 28.8 Å². The lowest BCUT2D eigenvalue weighted by atomic mass is 10.1. The van der Waals surface area contributed by atoms with Crippen LogP contribution in [0.25, 0.3) is 0 Å². The van der Waals surface area contributed by atoms with E-state index in [4.69, 9.17) is 0 Å². The molecular weight excluding hydrogens is 312 g/mol. The first-order chi connectivity index (χ1) is 10.8. The van der Waals surface area contributed by atoms with Gasteiger partial charge in [0.2, 0.25) is 11.7 Å². The molecule has 1 heterocycles. The summed E-state index contributed by atoms with van der Waals surface area (Å²) in [6, 6.07) is 0.533. The van der Waals surface area contributed by atoms with E-state index in [-0.39, 0.29) is 17.5 Å². The summed E-state index contributed by atoms with van der Waals surface area (Å²) in [5.74, 6) is -2.28. The number of aliphatic hydroxyl groups is 1. The number of amides is 1. The molecule has 1 atom stereocenters. The minimum atomic E-state index is -1.22. The highest BCUT2D eigenvalue weighted by molar-refractivity contribution is 5.72. The van der Waals surface area contributed by atoms with Crippen LogP contribution >= 0.6 is 0 Å². The first kappa shape index (κ1) is 17.1. The molecule has 126 valence electrons. The number of nitro groups is 1. The zero-order chi connectivity index (χ0) is 17.1. The molecule has 0 saturated carbocycles. The van der Waals surface area contributed by atoms with Crippen LogP contribution in [0.1, 0.15) is 18.9 Å². The largest absolute Gasteiger partial charge is 0.391 e. The predicted octanol–water partition coefficient (Wildman–Crippen LogP) is 1.33. The Bertz CT molecular complexity index is 639. The minimum absolute atomic E-state index is 0.0584. The summed E-state index contributed by atoms with van der Waals surface area (Å²) in [5, 5.41) is 22.7. The van der Waals surface area contributed by atoms with Gasteiger partial charge in [-0.25, -0.2) is 4.39 Å². The molecular formula is C14H17F2N3O4. The molecule has 1 aliphatic heterocycles. The van der Waals surface area contributed by atoms with Crippen molar-refractivity contribution in [3.63, 3.8) is 0 Å². The molecule has 1 unspecified atom stereocenters. The number of rotatable bonds is 5. The normalized spacial score (nSPS) is 17.4. The van der Waals surface area contributed by atoms with Gasteiger partial charge in [0.15, 0.2) is 5.82 Å². The summed E-state index contributed by atoms with van der Waals surface area (Å²) in [7, 11) is 0. The molecule has 0 radical (unpaired) electrons. The Morgan fingerprint density at radius 1 is 1.57 bits per heavy atom. The Balaban J connectivity index is 2.28. The molecule has 2 N–H and O–H groups in total. The predicted molar refractivity (Wildman–Crippen MR) is 77.9 cm³/mol. The summed E-state index contributed by atoms with van der Waals surface area (Å²) in [4.78, 5) is 22.2. The van der Waals surface area contributed by atoms with Crippen LogP contribution in [0.5, 0.6) is 0 Å². The molecule has 0 aliphatic carbocycles. The van der Waals surface area contributed by atoms with Gasteiger partial charge in [-0.3, -0.25) is 14.9 Å². The Morgan fingerprint density at radius 2 is 2.26 bits per heavy atom. The van der Waals surface area contributed by atoms with Crippen molar-refractivity contribution in [1.82, 2.24) is 5.32 Å². The van der Waals surface area contributed by atoms with Crippen molar-refractivity contribution in [1.29, 1.82) is 0 Å². The second-order valence-electron chi connectivity index (χ2n) is 5.47. The molecule has 1 aromatic rings. The second kappa shape index (κ2) is 6.86. The zero-order valence-corrected chi connectivity index (χ0v) is 12.5. The van der Waals surface area contributed by atoms with E-state index in [0.717, 1.165) is 0 Å². The third-order valence-corrected chi connectivity index (χ3v) is 3.86. The number of anilines is 1. The first-order valence-corrected chi connectivity index (χ1v) is 7.10. The average molecular weight is 329 g/mol. The number of benzene rings is 1. The van der Waals surface area contributed by atoms with Crippen molar-refractivity contribution < 1.29 is 23.6 Å². The Kier molecular flexibility index (Phi) is 5.09. The van der Waals surface area contributed by atoms with Gasteiger partial charge in [-0.15, -0.1) is 0 Å². The quantitative estimate of drug-likeness (QED) is 0.627. The summed E-state index contributed by atoms with van der Waals surface area (Å²) in [5.41, 5.74) is -1.57.